The number of aliphatic hydroxyl groups excluding tert-OH is 7. The molecule has 486 valence electrons. The molecule has 6 saturated heterocycles. The van der Waals surface area contributed by atoms with Gasteiger partial charge in [0.05, 0.1) is 42.5 Å². The Hall–Kier alpha value is -2.80. The third-order valence-electron chi connectivity index (χ3n) is 16.9. The fourth-order valence-corrected chi connectivity index (χ4v) is 11.5. The van der Waals surface area contributed by atoms with Gasteiger partial charge in [0.2, 0.25) is 0 Å². The number of ether oxygens (including phenoxy) is 14. The lowest BCUT2D eigenvalue weighted by molar-refractivity contribution is -0.399. The van der Waals surface area contributed by atoms with Crippen molar-refractivity contribution in [3.8, 4) is 0 Å². The number of hydrogen-bond acceptors (Lipinski definition) is 25. The summed E-state index contributed by atoms with van der Waals surface area (Å²) in [6.45, 7) is 16.2. The molecular weight excluding hydrogens is 1110 g/mol. The van der Waals surface area contributed by atoms with Crippen LogP contribution in [0.25, 0.3) is 0 Å². The van der Waals surface area contributed by atoms with E-state index in [9.17, 15) is 54.9 Å². The van der Waals surface area contributed by atoms with Crippen LogP contribution in [-0.4, -0.2) is 219 Å². The molecule has 6 rings (SSSR count). The quantitative estimate of drug-likeness (QED) is 0.0552. The van der Waals surface area contributed by atoms with Crippen LogP contribution < -0.4 is 0 Å². The van der Waals surface area contributed by atoms with Crippen molar-refractivity contribution in [3.05, 3.63) is 0 Å². The predicted molar refractivity (Wildman–Crippen MR) is 293 cm³/mol. The molecular formula is C59H100O25. The molecule has 6 aliphatic heterocycles. The second-order valence-electron chi connectivity index (χ2n) is 23.8. The molecule has 0 unspecified atom stereocenters. The summed E-state index contributed by atoms with van der Waals surface area (Å²) < 4.78 is 88.1. The molecule has 84 heavy (non-hydrogen) atoms. The van der Waals surface area contributed by atoms with Gasteiger partial charge < -0.3 is 102 Å². The molecule has 6 fully saturated rings. The topological polar surface area (TPSA) is 339 Å². The highest BCUT2D eigenvalue weighted by Crippen LogP contribution is 2.40. The van der Waals surface area contributed by atoms with E-state index in [2.05, 4.69) is 6.92 Å². The maximum atomic E-state index is 14.1. The van der Waals surface area contributed by atoms with Gasteiger partial charge in [0.25, 0.3) is 0 Å². The van der Waals surface area contributed by atoms with E-state index in [1.165, 1.54) is 34.6 Å². The molecule has 25 nitrogen and oxygen atoms in total. The molecule has 0 amide bonds. The molecule has 0 aliphatic carbocycles. The van der Waals surface area contributed by atoms with Gasteiger partial charge in [0.1, 0.15) is 61.0 Å². The highest BCUT2D eigenvalue weighted by Gasteiger charge is 2.59. The van der Waals surface area contributed by atoms with Gasteiger partial charge in [-0.1, -0.05) is 98.3 Å². The Morgan fingerprint density at radius 2 is 1.05 bits per heavy atom. The molecule has 0 aromatic rings. The SMILES string of the molecule is CCCCCC(=O)O[C@@H]1[C@@H](O)[C@@H](O)[C@H](O[C@@H]2[C@@H](O[C@@H]3O[C@@H](C)[C@H](O)[C@@H](O)[C@H]3O)[C@@H](OC(=O)[C@@H](C)CC)[C@H](O[C@@H]3[C@@H](O)[C@H]4OC(=O)CCCCCCCCC[C@H](CCCCC)O[C@@H]5O[C@H](C)[C@H](O)[C@H](OC(C)=O)[C@H]5O[C@@H]4O[C@H]3C)O[C@H]2C)O[C@H]1C. The van der Waals surface area contributed by atoms with Gasteiger partial charge in [0, 0.05) is 19.8 Å². The largest absolute Gasteiger partial charge is 0.457 e. The summed E-state index contributed by atoms with van der Waals surface area (Å²) in [6, 6.07) is 0. The van der Waals surface area contributed by atoms with Crippen LogP contribution in [0.3, 0.4) is 0 Å². The standard InChI is InChI=1S/C59H100O25/c1-11-14-21-25-36-26-23-19-17-16-18-20-24-28-38(62)79-50-45(69)47(33(8)74-57(50)84-52-49(76-35(10)60)40(64)31(6)72-58(52)77-36)81-59-53(80-54(70)29(4)13-3)51(83-55-43(67)41(65)39(63)30(5)71-55)48(34(9)75-59)82-56-44(68)42(66)46(32(7)73-56)78-37(61)27-22-15-12-2/h29-34,36,39-53,55-59,63-69H,11-28H2,1-10H3/t29-,30-,31+,32-,33-,34-,36-,39-,40-,41+,42-,43+,44+,45+,46-,47-,48-,49-,50+,51+,52+,53+,55-,56-,57-,58-,59-/m0/s1. The summed E-state index contributed by atoms with van der Waals surface area (Å²) in [5, 5.41) is 80.3. The van der Waals surface area contributed by atoms with Gasteiger partial charge >= 0.3 is 23.9 Å². The number of rotatable bonds is 19. The second-order valence-corrected chi connectivity index (χ2v) is 23.8. The van der Waals surface area contributed by atoms with Gasteiger partial charge in [-0.05, 0) is 66.7 Å². The van der Waals surface area contributed by atoms with E-state index in [1.807, 2.05) is 6.92 Å². The Morgan fingerprint density at radius 1 is 0.500 bits per heavy atom. The Labute approximate surface area is 494 Å². The molecule has 0 bridgehead atoms. The fraction of sp³-hybridized carbons (Fsp3) is 0.932. The van der Waals surface area contributed by atoms with Gasteiger partial charge in [-0.3, -0.25) is 19.2 Å². The van der Waals surface area contributed by atoms with Crippen molar-refractivity contribution in [1.29, 1.82) is 0 Å². The lowest BCUT2D eigenvalue weighted by Crippen LogP contribution is -2.68. The van der Waals surface area contributed by atoms with Crippen molar-refractivity contribution in [3.63, 3.8) is 0 Å². The average molecular weight is 1210 g/mol. The minimum Gasteiger partial charge on any atom is -0.457 e. The number of carbonyl (C=O) groups excluding carboxylic acids is 4. The van der Waals surface area contributed by atoms with E-state index in [-0.39, 0.29) is 18.9 Å². The Balaban J connectivity index is 1.36. The van der Waals surface area contributed by atoms with Crippen LogP contribution in [0.5, 0.6) is 0 Å². The molecule has 7 N–H and O–H groups in total. The summed E-state index contributed by atoms with van der Waals surface area (Å²) >= 11 is 0. The van der Waals surface area contributed by atoms with Gasteiger partial charge in [-0.25, -0.2) is 0 Å². The molecule has 6 aliphatic rings. The first-order chi connectivity index (χ1) is 40.0. The summed E-state index contributed by atoms with van der Waals surface area (Å²) in [5.74, 6) is -3.61. The maximum absolute atomic E-state index is 14.1. The Morgan fingerprint density at radius 3 is 1.71 bits per heavy atom. The third-order valence-corrected chi connectivity index (χ3v) is 16.9. The predicted octanol–water partition coefficient (Wildman–Crippen LogP) is 3.56. The molecule has 0 aromatic carbocycles. The van der Waals surface area contributed by atoms with Crippen molar-refractivity contribution in [2.45, 2.75) is 344 Å². The van der Waals surface area contributed by atoms with Crippen molar-refractivity contribution in [1.82, 2.24) is 0 Å². The van der Waals surface area contributed by atoms with Gasteiger partial charge in [-0.15, -0.1) is 0 Å². The van der Waals surface area contributed by atoms with Crippen LogP contribution in [0.2, 0.25) is 0 Å². The smallest absolute Gasteiger partial charge is 0.309 e. The zero-order valence-electron chi connectivity index (χ0n) is 50.8. The first-order valence-corrected chi connectivity index (χ1v) is 31.1. The highest BCUT2D eigenvalue weighted by atomic mass is 16.8. The maximum Gasteiger partial charge on any atom is 0.309 e. The van der Waals surface area contributed by atoms with Crippen LogP contribution in [0.15, 0.2) is 0 Å². The van der Waals surface area contributed by atoms with Crippen LogP contribution in [-0.2, 0) is 85.5 Å². The van der Waals surface area contributed by atoms with E-state index in [0.29, 0.717) is 32.1 Å². The number of carbonyl (C=O) groups is 4. The van der Waals surface area contributed by atoms with Crippen LogP contribution in [0, 0.1) is 5.92 Å². The lowest BCUT2D eigenvalue weighted by atomic mass is 9.95. The lowest BCUT2D eigenvalue weighted by Gasteiger charge is -2.51. The molecule has 6 heterocycles. The molecule has 0 aromatic heterocycles. The van der Waals surface area contributed by atoms with Crippen LogP contribution in [0.1, 0.15) is 185 Å². The number of fused-ring (bicyclic) bond motifs is 2. The van der Waals surface area contributed by atoms with Crippen molar-refractivity contribution in [2.24, 2.45) is 5.92 Å². The number of esters is 4. The number of aliphatic hydroxyl groups is 7. The van der Waals surface area contributed by atoms with Crippen LogP contribution in [0.4, 0.5) is 0 Å². The van der Waals surface area contributed by atoms with Crippen molar-refractivity contribution >= 4 is 23.9 Å². The zero-order chi connectivity index (χ0) is 61.5. The Kier molecular flexibility index (Phi) is 28.2. The minimum absolute atomic E-state index is 0.0438. The van der Waals surface area contributed by atoms with Crippen molar-refractivity contribution < 1.29 is 121 Å². The summed E-state index contributed by atoms with van der Waals surface area (Å²) in [4.78, 5) is 53.6. The van der Waals surface area contributed by atoms with Gasteiger partial charge in [-0.2, -0.15) is 0 Å². The number of unbranched alkanes of at least 4 members (excludes halogenated alkanes) is 4. The second kappa shape index (κ2) is 33.7. The van der Waals surface area contributed by atoms with Crippen LogP contribution >= 0.6 is 0 Å². The monoisotopic (exact) mass is 1210 g/mol. The van der Waals surface area contributed by atoms with E-state index < -0.39 is 183 Å². The summed E-state index contributed by atoms with van der Waals surface area (Å²) in [6.07, 6.45) is -25.9. The minimum atomic E-state index is -1.92. The first kappa shape index (κ1) is 70.3. The zero-order valence-corrected chi connectivity index (χ0v) is 50.8. The van der Waals surface area contributed by atoms with Crippen molar-refractivity contribution in [2.75, 3.05) is 0 Å². The van der Waals surface area contributed by atoms with Gasteiger partial charge in [0.15, 0.2) is 62.0 Å². The highest BCUT2D eigenvalue weighted by molar-refractivity contribution is 5.72. The molecule has 0 saturated carbocycles. The molecule has 27 atom stereocenters. The average Bonchev–Trinajstić information content (AvgIpc) is 3.65. The molecule has 0 spiro atoms. The fourth-order valence-electron chi connectivity index (χ4n) is 11.5. The summed E-state index contributed by atoms with van der Waals surface area (Å²) in [7, 11) is 0. The number of hydrogen-bond donors (Lipinski definition) is 7. The van der Waals surface area contributed by atoms with E-state index >= 15 is 0 Å². The van der Waals surface area contributed by atoms with E-state index in [0.717, 1.165) is 70.6 Å². The Bertz CT molecular complexity index is 2000. The first-order valence-electron chi connectivity index (χ1n) is 31.1. The third kappa shape index (κ3) is 18.6. The molecule has 25 heteroatoms. The molecule has 0 radical (unpaired) electrons. The van der Waals surface area contributed by atoms with E-state index in [4.69, 9.17) is 66.3 Å². The van der Waals surface area contributed by atoms with E-state index in [1.54, 1.807) is 20.8 Å². The summed E-state index contributed by atoms with van der Waals surface area (Å²) in [5.41, 5.74) is 0. The normalized spacial score (nSPS) is 42.6.